The van der Waals surface area contributed by atoms with Crippen molar-refractivity contribution in [2.24, 2.45) is 0 Å². The Morgan fingerprint density at radius 2 is 1.76 bits per heavy atom. The molecule has 0 spiro atoms. The van der Waals surface area contributed by atoms with Gasteiger partial charge in [-0.2, -0.15) is 0 Å². The van der Waals surface area contributed by atoms with Crippen LogP contribution in [-0.4, -0.2) is 35.4 Å². The molecule has 0 aliphatic heterocycles. The maximum absolute atomic E-state index is 12.3. The zero-order valence-electron chi connectivity index (χ0n) is 18.6. The molecule has 0 aliphatic carbocycles. The van der Waals surface area contributed by atoms with Gasteiger partial charge in [0.15, 0.2) is 11.5 Å². The van der Waals surface area contributed by atoms with Gasteiger partial charge in [0.05, 0.1) is 19.7 Å². The second kappa shape index (κ2) is 9.70. The van der Waals surface area contributed by atoms with E-state index in [9.17, 15) is 4.79 Å². The first kappa shape index (κ1) is 22.3. The number of carbonyl (C=O) groups excluding carboxylic acids is 1. The van der Waals surface area contributed by atoms with Gasteiger partial charge in [0.2, 0.25) is 5.13 Å². The van der Waals surface area contributed by atoms with Crippen LogP contribution in [0.15, 0.2) is 42.6 Å². The second-order valence-corrected chi connectivity index (χ2v) is 8.11. The van der Waals surface area contributed by atoms with E-state index >= 15 is 0 Å². The van der Waals surface area contributed by atoms with E-state index in [1.807, 2.05) is 26.0 Å². The van der Waals surface area contributed by atoms with Crippen molar-refractivity contribution in [2.45, 2.75) is 20.3 Å². The second-order valence-electron chi connectivity index (χ2n) is 7.05. The first-order chi connectivity index (χ1) is 16.0. The molecule has 0 bridgehead atoms. The van der Waals surface area contributed by atoms with Crippen molar-refractivity contribution in [1.82, 2.24) is 15.2 Å². The summed E-state index contributed by atoms with van der Waals surface area (Å²) in [5, 5.41) is 15.5. The van der Waals surface area contributed by atoms with Crippen molar-refractivity contribution in [3.05, 3.63) is 53.2 Å². The van der Waals surface area contributed by atoms with Crippen LogP contribution < -0.4 is 24.8 Å². The first-order valence-corrected chi connectivity index (χ1v) is 11.0. The average molecular weight is 466 g/mol. The molecule has 2 amide bonds. The number of ether oxygens (including phenoxy) is 3. The summed E-state index contributed by atoms with van der Waals surface area (Å²) in [6.45, 7) is 3.89. The number of aromatic nitrogens is 3. The van der Waals surface area contributed by atoms with Gasteiger partial charge in [0.25, 0.3) is 0 Å². The lowest BCUT2D eigenvalue weighted by atomic mass is 10.1. The fourth-order valence-corrected chi connectivity index (χ4v) is 3.88. The van der Waals surface area contributed by atoms with Crippen LogP contribution in [0, 0.1) is 6.92 Å². The number of amides is 2. The number of hydrogen-bond donors (Lipinski definition) is 2. The number of rotatable bonds is 7. The molecule has 2 heterocycles. The molecule has 33 heavy (non-hydrogen) atoms. The molecule has 2 aromatic heterocycles. The standard InChI is InChI=1S/C23H23N5O4S/c1-5-21-27-28-23(33-21)26-22(29)25-14-6-7-17(13(2)10-14)32-18-8-9-24-16-12-20(31-4)19(30-3)11-15(16)18/h6-12H,5H2,1-4H3,(H2,25,26,28,29). The minimum absolute atomic E-state index is 0.386. The van der Waals surface area contributed by atoms with E-state index in [1.54, 1.807) is 44.7 Å². The third-order valence-corrected chi connectivity index (χ3v) is 5.83. The number of carbonyl (C=O) groups is 1. The Hall–Kier alpha value is -3.92. The molecule has 170 valence electrons. The first-order valence-electron chi connectivity index (χ1n) is 10.2. The highest BCUT2D eigenvalue weighted by molar-refractivity contribution is 7.15. The predicted octanol–water partition coefficient (Wildman–Crippen LogP) is 5.41. The van der Waals surface area contributed by atoms with Gasteiger partial charge in [-0.05, 0) is 49.2 Å². The summed E-state index contributed by atoms with van der Waals surface area (Å²) in [5.41, 5.74) is 2.20. The van der Waals surface area contributed by atoms with Gasteiger partial charge < -0.3 is 19.5 Å². The summed E-state index contributed by atoms with van der Waals surface area (Å²) in [5.74, 6) is 2.47. The SMILES string of the molecule is CCc1nnc(NC(=O)Nc2ccc(Oc3ccnc4cc(OC)c(OC)cc34)c(C)c2)s1. The van der Waals surface area contributed by atoms with Crippen LogP contribution in [0.5, 0.6) is 23.0 Å². The zero-order valence-corrected chi connectivity index (χ0v) is 19.4. The molecule has 2 aromatic carbocycles. The molecule has 0 saturated heterocycles. The fraction of sp³-hybridized carbons (Fsp3) is 0.217. The Bertz CT molecular complexity index is 1310. The molecule has 2 N–H and O–H groups in total. The van der Waals surface area contributed by atoms with Crippen molar-refractivity contribution in [2.75, 3.05) is 24.9 Å². The molecule has 4 aromatic rings. The summed E-state index contributed by atoms with van der Waals surface area (Å²) in [6, 6.07) is 10.5. The Kier molecular flexibility index (Phi) is 6.55. The van der Waals surface area contributed by atoms with Gasteiger partial charge in [-0.25, -0.2) is 4.79 Å². The fourth-order valence-electron chi connectivity index (χ4n) is 3.20. The number of fused-ring (bicyclic) bond motifs is 1. The van der Waals surface area contributed by atoms with Crippen LogP contribution in [-0.2, 0) is 6.42 Å². The summed E-state index contributed by atoms with van der Waals surface area (Å²) in [6.07, 6.45) is 2.45. The van der Waals surface area contributed by atoms with Crippen LogP contribution in [0.4, 0.5) is 15.6 Å². The Labute approximate surface area is 194 Å². The van der Waals surface area contributed by atoms with Gasteiger partial charge in [-0.15, -0.1) is 10.2 Å². The molecular weight excluding hydrogens is 442 g/mol. The highest BCUT2D eigenvalue weighted by Crippen LogP contribution is 2.37. The monoisotopic (exact) mass is 465 g/mol. The number of hydrogen-bond acceptors (Lipinski definition) is 8. The van der Waals surface area contributed by atoms with Crippen LogP contribution in [0.2, 0.25) is 0 Å². The predicted molar refractivity (Wildman–Crippen MR) is 128 cm³/mol. The number of pyridine rings is 1. The molecule has 9 nitrogen and oxygen atoms in total. The Balaban J connectivity index is 1.51. The third kappa shape index (κ3) is 4.96. The lowest BCUT2D eigenvalue weighted by molar-refractivity contribution is 0.262. The average Bonchev–Trinajstić information content (AvgIpc) is 3.27. The van der Waals surface area contributed by atoms with Crippen molar-refractivity contribution < 1.29 is 19.0 Å². The lowest BCUT2D eigenvalue weighted by Gasteiger charge is -2.14. The number of methoxy groups -OCH3 is 2. The lowest BCUT2D eigenvalue weighted by Crippen LogP contribution is -2.19. The molecule has 0 radical (unpaired) electrons. The van der Waals surface area contributed by atoms with Gasteiger partial charge >= 0.3 is 6.03 Å². The summed E-state index contributed by atoms with van der Waals surface area (Å²) >= 11 is 1.35. The van der Waals surface area contributed by atoms with E-state index in [0.717, 1.165) is 27.9 Å². The van der Waals surface area contributed by atoms with Crippen molar-refractivity contribution in [3.63, 3.8) is 0 Å². The number of benzene rings is 2. The van der Waals surface area contributed by atoms with Crippen LogP contribution in [0.1, 0.15) is 17.5 Å². The normalized spacial score (nSPS) is 10.7. The van der Waals surface area contributed by atoms with Crippen molar-refractivity contribution in [3.8, 4) is 23.0 Å². The minimum atomic E-state index is -0.386. The van der Waals surface area contributed by atoms with Gasteiger partial charge in [0, 0.05) is 23.3 Å². The number of anilines is 2. The number of nitrogens with zero attached hydrogens (tertiary/aromatic N) is 3. The van der Waals surface area contributed by atoms with E-state index in [-0.39, 0.29) is 6.03 Å². The summed E-state index contributed by atoms with van der Waals surface area (Å²) < 4.78 is 17.0. The van der Waals surface area contributed by atoms with Crippen LogP contribution >= 0.6 is 11.3 Å². The molecule has 4 rings (SSSR count). The van der Waals surface area contributed by atoms with E-state index < -0.39 is 0 Å². The Morgan fingerprint density at radius 1 is 0.970 bits per heavy atom. The van der Waals surface area contributed by atoms with E-state index in [0.29, 0.717) is 33.8 Å². The number of nitrogens with one attached hydrogen (secondary N) is 2. The van der Waals surface area contributed by atoms with Gasteiger partial charge in [-0.1, -0.05) is 18.3 Å². The van der Waals surface area contributed by atoms with Crippen molar-refractivity contribution in [1.29, 1.82) is 0 Å². The van der Waals surface area contributed by atoms with Crippen LogP contribution in [0.25, 0.3) is 10.9 Å². The topological polar surface area (TPSA) is 107 Å². The van der Waals surface area contributed by atoms with E-state index in [1.165, 1.54) is 11.3 Å². The van der Waals surface area contributed by atoms with Gasteiger partial charge in [-0.3, -0.25) is 10.3 Å². The molecule has 0 atom stereocenters. The maximum Gasteiger partial charge on any atom is 0.325 e. The summed E-state index contributed by atoms with van der Waals surface area (Å²) in [7, 11) is 3.17. The highest BCUT2D eigenvalue weighted by Gasteiger charge is 2.13. The largest absolute Gasteiger partial charge is 0.493 e. The molecular formula is C23H23N5O4S. The zero-order chi connectivity index (χ0) is 23.4. The van der Waals surface area contributed by atoms with E-state index in [4.69, 9.17) is 14.2 Å². The maximum atomic E-state index is 12.3. The minimum Gasteiger partial charge on any atom is -0.493 e. The molecule has 10 heteroatoms. The summed E-state index contributed by atoms with van der Waals surface area (Å²) in [4.78, 5) is 16.7. The van der Waals surface area contributed by atoms with Crippen molar-refractivity contribution >= 4 is 39.1 Å². The number of aryl methyl sites for hydroxylation is 2. The third-order valence-electron chi connectivity index (χ3n) is 4.85. The van der Waals surface area contributed by atoms with Gasteiger partial charge in [0.1, 0.15) is 16.5 Å². The quantitative estimate of drug-likeness (QED) is 0.376. The smallest absolute Gasteiger partial charge is 0.325 e. The molecule has 0 unspecified atom stereocenters. The molecule has 0 fully saturated rings. The molecule has 0 aliphatic rings. The molecule has 0 saturated carbocycles. The van der Waals surface area contributed by atoms with Crippen LogP contribution in [0.3, 0.4) is 0 Å². The Morgan fingerprint density at radius 3 is 2.45 bits per heavy atom. The van der Waals surface area contributed by atoms with E-state index in [2.05, 4.69) is 25.8 Å². The number of urea groups is 1. The highest BCUT2D eigenvalue weighted by atomic mass is 32.1.